The Morgan fingerprint density at radius 1 is 1.12 bits per heavy atom. The first-order valence-corrected chi connectivity index (χ1v) is 7.63. The van der Waals surface area contributed by atoms with Crippen LogP contribution in [-0.2, 0) is 6.54 Å². The molecule has 0 atom stereocenters. The summed E-state index contributed by atoms with van der Waals surface area (Å²) in [6.45, 7) is 2.16. The molecule has 2 aliphatic heterocycles. The zero-order valence-electron chi connectivity index (χ0n) is 9.55. The number of fused-ring (bicyclic) bond motifs is 2. The number of benzene rings is 1. The fourth-order valence-electron chi connectivity index (χ4n) is 2.55. The molecule has 4 heteroatoms. The summed E-state index contributed by atoms with van der Waals surface area (Å²) in [7, 11) is 0. The summed E-state index contributed by atoms with van der Waals surface area (Å²) in [5.74, 6) is 1.28. The molecule has 3 rings (SSSR count). The van der Waals surface area contributed by atoms with E-state index in [1.54, 1.807) is 0 Å². The van der Waals surface area contributed by atoms with E-state index >= 15 is 0 Å². The maximum atomic E-state index is 4.84. The Balaban J connectivity index is 2.05. The third-order valence-electron chi connectivity index (χ3n) is 3.40. The minimum absolute atomic E-state index is 1.01. The van der Waals surface area contributed by atoms with Crippen molar-refractivity contribution in [2.75, 3.05) is 6.54 Å². The van der Waals surface area contributed by atoms with Crippen LogP contribution in [0.25, 0.3) is 0 Å². The molecule has 17 heavy (non-hydrogen) atoms. The summed E-state index contributed by atoms with van der Waals surface area (Å²) in [5, 5.41) is 0. The lowest BCUT2D eigenvalue weighted by Crippen LogP contribution is -2.32. The van der Waals surface area contributed by atoms with Gasteiger partial charge in [0.25, 0.3) is 0 Å². The average Bonchev–Trinajstić information content (AvgIpc) is 2.51. The van der Waals surface area contributed by atoms with Crippen LogP contribution >= 0.6 is 31.9 Å². The van der Waals surface area contributed by atoms with Crippen molar-refractivity contribution in [3.63, 3.8) is 0 Å². The highest BCUT2D eigenvalue weighted by atomic mass is 79.9. The van der Waals surface area contributed by atoms with Gasteiger partial charge in [0, 0.05) is 28.5 Å². The summed E-state index contributed by atoms with van der Waals surface area (Å²) in [6, 6.07) is 4.26. The topological polar surface area (TPSA) is 15.6 Å². The summed E-state index contributed by atoms with van der Waals surface area (Å²) < 4.78 is 2.22. The second-order valence-corrected chi connectivity index (χ2v) is 6.43. The van der Waals surface area contributed by atoms with Gasteiger partial charge >= 0.3 is 0 Å². The normalized spacial score (nSPS) is 19.2. The van der Waals surface area contributed by atoms with E-state index in [0.29, 0.717) is 0 Å². The third kappa shape index (κ3) is 2.29. The third-order valence-corrected chi connectivity index (χ3v) is 4.46. The van der Waals surface area contributed by atoms with Crippen molar-refractivity contribution in [3.8, 4) is 0 Å². The standard InChI is InChI=1S/C13H14Br2N2/c14-10-6-9-8-17-5-3-1-2-4-12(17)16-13(9)11(15)7-10/h6-7H,1-5,8H2. The van der Waals surface area contributed by atoms with Gasteiger partial charge in [-0.25, -0.2) is 4.99 Å². The summed E-state index contributed by atoms with van der Waals surface area (Å²) in [4.78, 5) is 7.28. The first kappa shape index (κ1) is 11.7. The van der Waals surface area contributed by atoms with Gasteiger partial charge in [-0.15, -0.1) is 0 Å². The highest BCUT2D eigenvalue weighted by Crippen LogP contribution is 2.37. The Morgan fingerprint density at radius 2 is 2.00 bits per heavy atom. The SMILES string of the molecule is Brc1cc(Br)c2c(c1)CN1CCCCCC1=N2. The van der Waals surface area contributed by atoms with Gasteiger partial charge in [-0.1, -0.05) is 22.4 Å². The molecule has 2 nitrogen and oxygen atoms in total. The number of rotatable bonds is 0. The van der Waals surface area contributed by atoms with E-state index in [1.165, 1.54) is 30.7 Å². The van der Waals surface area contributed by atoms with E-state index in [1.807, 2.05) is 0 Å². The molecule has 0 spiro atoms. The summed E-state index contributed by atoms with van der Waals surface area (Å²) in [6.07, 6.45) is 5.03. The van der Waals surface area contributed by atoms with Gasteiger partial charge in [-0.3, -0.25) is 0 Å². The molecule has 0 aromatic heterocycles. The Morgan fingerprint density at radius 3 is 2.88 bits per heavy atom. The van der Waals surface area contributed by atoms with Crippen LogP contribution in [0, 0.1) is 0 Å². The monoisotopic (exact) mass is 356 g/mol. The van der Waals surface area contributed by atoms with Crippen molar-refractivity contribution < 1.29 is 0 Å². The molecule has 0 unspecified atom stereocenters. The van der Waals surface area contributed by atoms with Gasteiger partial charge in [0.15, 0.2) is 0 Å². The smallest absolute Gasteiger partial charge is 0.105 e. The van der Waals surface area contributed by atoms with Gasteiger partial charge in [0.1, 0.15) is 5.84 Å². The fraction of sp³-hybridized carbons (Fsp3) is 0.462. The minimum Gasteiger partial charge on any atom is -0.356 e. The Hall–Kier alpha value is -0.350. The molecule has 1 aromatic rings. The number of amidine groups is 1. The lowest BCUT2D eigenvalue weighted by Gasteiger charge is -2.29. The predicted molar refractivity (Wildman–Crippen MR) is 77.8 cm³/mol. The van der Waals surface area contributed by atoms with Crippen molar-refractivity contribution >= 4 is 43.4 Å². The highest BCUT2D eigenvalue weighted by Gasteiger charge is 2.22. The number of halogens is 2. The first-order valence-electron chi connectivity index (χ1n) is 6.04. The van der Waals surface area contributed by atoms with Gasteiger partial charge in [-0.05, 0) is 46.5 Å². The van der Waals surface area contributed by atoms with Crippen LogP contribution in [-0.4, -0.2) is 17.3 Å². The first-order chi connectivity index (χ1) is 8.24. The van der Waals surface area contributed by atoms with Crippen LogP contribution in [0.3, 0.4) is 0 Å². The second kappa shape index (κ2) is 4.73. The molecule has 1 fully saturated rings. The van der Waals surface area contributed by atoms with E-state index in [2.05, 4.69) is 48.9 Å². The van der Waals surface area contributed by atoms with Crippen molar-refractivity contribution in [2.24, 2.45) is 4.99 Å². The molecule has 1 saturated heterocycles. The van der Waals surface area contributed by atoms with Crippen LogP contribution in [0.15, 0.2) is 26.1 Å². The Bertz CT molecular complexity index is 483. The Labute approximate surface area is 118 Å². The maximum Gasteiger partial charge on any atom is 0.105 e. The molecule has 0 saturated carbocycles. The number of hydrogen-bond donors (Lipinski definition) is 0. The number of hydrogen-bond acceptors (Lipinski definition) is 2. The van der Waals surface area contributed by atoms with Crippen LogP contribution in [0.2, 0.25) is 0 Å². The van der Waals surface area contributed by atoms with E-state index in [4.69, 9.17) is 4.99 Å². The van der Waals surface area contributed by atoms with Crippen LogP contribution in [0.1, 0.15) is 31.2 Å². The van der Waals surface area contributed by atoms with Crippen LogP contribution < -0.4 is 0 Å². The molecule has 2 aliphatic rings. The lowest BCUT2D eigenvalue weighted by atomic mass is 10.1. The molecule has 1 aromatic carbocycles. The Kier molecular flexibility index (Phi) is 3.26. The number of aliphatic imine (C=N–C) groups is 1. The van der Waals surface area contributed by atoms with E-state index < -0.39 is 0 Å². The predicted octanol–water partition coefficient (Wildman–Crippen LogP) is 4.63. The maximum absolute atomic E-state index is 4.84. The fourth-order valence-corrected chi connectivity index (χ4v) is 3.95. The van der Waals surface area contributed by atoms with Crippen molar-refractivity contribution in [1.82, 2.24) is 4.90 Å². The van der Waals surface area contributed by atoms with E-state index in [-0.39, 0.29) is 0 Å². The van der Waals surface area contributed by atoms with Crippen LogP contribution in [0.4, 0.5) is 5.69 Å². The second-order valence-electron chi connectivity index (χ2n) is 4.66. The molecule has 0 bridgehead atoms. The summed E-state index contributed by atoms with van der Waals surface area (Å²) in [5.41, 5.74) is 2.44. The summed E-state index contributed by atoms with van der Waals surface area (Å²) >= 11 is 7.16. The molecular formula is C13H14Br2N2. The lowest BCUT2D eigenvalue weighted by molar-refractivity contribution is 0.403. The van der Waals surface area contributed by atoms with E-state index in [9.17, 15) is 0 Å². The van der Waals surface area contributed by atoms with Crippen molar-refractivity contribution in [3.05, 3.63) is 26.6 Å². The molecule has 0 radical (unpaired) electrons. The van der Waals surface area contributed by atoms with Gasteiger partial charge in [0.05, 0.1) is 5.69 Å². The van der Waals surface area contributed by atoms with Crippen molar-refractivity contribution in [1.29, 1.82) is 0 Å². The van der Waals surface area contributed by atoms with Crippen LogP contribution in [0.5, 0.6) is 0 Å². The highest BCUT2D eigenvalue weighted by molar-refractivity contribution is 9.11. The molecule has 2 heterocycles. The molecular weight excluding hydrogens is 344 g/mol. The molecule has 0 aliphatic carbocycles. The largest absolute Gasteiger partial charge is 0.356 e. The quantitative estimate of drug-likeness (QED) is 0.660. The number of nitrogens with zero attached hydrogens (tertiary/aromatic N) is 2. The average molecular weight is 358 g/mol. The zero-order valence-corrected chi connectivity index (χ0v) is 12.7. The molecule has 0 N–H and O–H groups in total. The van der Waals surface area contributed by atoms with Crippen molar-refractivity contribution in [2.45, 2.75) is 32.2 Å². The van der Waals surface area contributed by atoms with Gasteiger partial charge in [-0.2, -0.15) is 0 Å². The zero-order chi connectivity index (χ0) is 11.8. The van der Waals surface area contributed by atoms with E-state index in [0.717, 1.165) is 34.1 Å². The molecule has 90 valence electrons. The minimum atomic E-state index is 1.01. The van der Waals surface area contributed by atoms with Gasteiger partial charge < -0.3 is 4.90 Å². The van der Waals surface area contributed by atoms with Gasteiger partial charge in [0.2, 0.25) is 0 Å². The molecule has 0 amide bonds.